The summed E-state index contributed by atoms with van der Waals surface area (Å²) in [7, 11) is -9.88. The molecule has 0 heterocycles. The molecular formula is C64H124O17P2. The van der Waals surface area contributed by atoms with Gasteiger partial charge >= 0.3 is 39.5 Å². The minimum Gasteiger partial charge on any atom is -0.462 e. The minimum absolute atomic E-state index is 0.107. The Morgan fingerprint density at radius 1 is 0.289 bits per heavy atom. The fraction of sp³-hybridized carbons (Fsp3) is 0.938. The van der Waals surface area contributed by atoms with Gasteiger partial charge in [-0.05, 0) is 25.7 Å². The number of ether oxygens (including phenoxy) is 4. The lowest BCUT2D eigenvalue weighted by atomic mass is 10.0. The first-order valence-corrected chi connectivity index (χ1v) is 36.8. The van der Waals surface area contributed by atoms with Crippen molar-refractivity contribution in [3.05, 3.63) is 0 Å². The van der Waals surface area contributed by atoms with E-state index in [-0.39, 0.29) is 25.7 Å². The van der Waals surface area contributed by atoms with Crippen LogP contribution in [0.3, 0.4) is 0 Å². The van der Waals surface area contributed by atoms with E-state index in [9.17, 15) is 43.2 Å². The van der Waals surface area contributed by atoms with Gasteiger partial charge in [-0.15, -0.1) is 0 Å². The van der Waals surface area contributed by atoms with Gasteiger partial charge in [-0.3, -0.25) is 37.3 Å². The standard InChI is InChI=1S/C64H124O17P2/c1-5-9-13-17-21-25-28-31-33-37-41-45-49-62(67)75-55-60(81-64(69)51-47-43-39-35-32-29-26-22-18-14-10-6-2)57-79-83(72,73)77-53-58(65)52-76-82(70,71)78-56-59(54-74-61(66)48-44-40-36-24-20-16-12-8-4)80-63(68)50-46-42-38-34-30-27-23-19-15-11-7-3/h58-60,65H,5-57H2,1-4H3,(H,70,71)(H,72,73)/t58-,59+,60+/m0/s1. The van der Waals surface area contributed by atoms with Crippen LogP contribution in [0.15, 0.2) is 0 Å². The molecule has 0 saturated heterocycles. The first kappa shape index (κ1) is 81.1. The highest BCUT2D eigenvalue weighted by Gasteiger charge is 2.30. The number of aliphatic hydroxyl groups is 1. The predicted octanol–water partition coefficient (Wildman–Crippen LogP) is 17.9. The van der Waals surface area contributed by atoms with Crippen molar-refractivity contribution in [1.82, 2.24) is 0 Å². The van der Waals surface area contributed by atoms with Crippen LogP contribution in [0.5, 0.6) is 0 Å². The van der Waals surface area contributed by atoms with E-state index >= 15 is 0 Å². The average molecular weight is 1230 g/mol. The van der Waals surface area contributed by atoms with Crippen molar-refractivity contribution < 1.29 is 80.2 Å². The van der Waals surface area contributed by atoms with Crippen molar-refractivity contribution in [2.75, 3.05) is 39.6 Å². The summed E-state index contributed by atoms with van der Waals surface area (Å²) < 4.78 is 68.0. The van der Waals surface area contributed by atoms with E-state index in [0.717, 1.165) is 96.3 Å². The zero-order valence-corrected chi connectivity index (χ0v) is 54.9. The van der Waals surface area contributed by atoms with Crippen LogP contribution in [0, 0.1) is 0 Å². The van der Waals surface area contributed by atoms with Crippen LogP contribution in [0.4, 0.5) is 0 Å². The van der Waals surface area contributed by atoms with Crippen molar-refractivity contribution in [3.8, 4) is 0 Å². The molecule has 5 atom stereocenters. The number of aliphatic hydroxyl groups excluding tert-OH is 1. The number of hydrogen-bond acceptors (Lipinski definition) is 15. The number of esters is 4. The molecule has 0 rings (SSSR count). The summed E-state index contributed by atoms with van der Waals surface area (Å²) in [6, 6.07) is 0. The lowest BCUT2D eigenvalue weighted by Gasteiger charge is -2.21. The SMILES string of the molecule is CCCCCCCCCCCCCCC(=O)OC[C@H](COP(=O)(O)OC[C@@H](O)COP(=O)(O)OC[C@@H](COC(=O)CCCCCCCCCC)OC(=O)CCCCCCCCCCCCC)OC(=O)CCCCCCCCCCCCCC. The van der Waals surface area contributed by atoms with Crippen LogP contribution in [0.1, 0.15) is 329 Å². The lowest BCUT2D eigenvalue weighted by Crippen LogP contribution is -2.30. The second-order valence-electron chi connectivity index (χ2n) is 23.2. The molecule has 17 nitrogen and oxygen atoms in total. The molecule has 0 fully saturated rings. The molecule has 0 saturated carbocycles. The molecule has 0 bridgehead atoms. The smallest absolute Gasteiger partial charge is 0.462 e. The second kappa shape index (κ2) is 59.0. The van der Waals surface area contributed by atoms with Gasteiger partial charge in [-0.2, -0.15) is 0 Å². The highest BCUT2D eigenvalue weighted by Crippen LogP contribution is 2.45. The molecule has 0 aromatic carbocycles. The van der Waals surface area contributed by atoms with E-state index in [1.165, 1.54) is 154 Å². The normalized spacial score (nSPS) is 14.2. The van der Waals surface area contributed by atoms with E-state index < -0.39 is 97.5 Å². The molecule has 0 aliphatic carbocycles. The molecule has 3 N–H and O–H groups in total. The lowest BCUT2D eigenvalue weighted by molar-refractivity contribution is -0.161. The number of hydrogen-bond donors (Lipinski definition) is 3. The van der Waals surface area contributed by atoms with Crippen molar-refractivity contribution in [2.45, 2.75) is 348 Å². The van der Waals surface area contributed by atoms with Crippen LogP contribution < -0.4 is 0 Å². The van der Waals surface area contributed by atoms with Crippen molar-refractivity contribution in [1.29, 1.82) is 0 Å². The first-order chi connectivity index (χ1) is 40.2. The van der Waals surface area contributed by atoms with E-state index in [1.807, 2.05) is 0 Å². The van der Waals surface area contributed by atoms with E-state index in [1.54, 1.807) is 0 Å². The quantitative estimate of drug-likeness (QED) is 0.0222. The monoisotopic (exact) mass is 1230 g/mol. The maximum absolute atomic E-state index is 13.0. The summed E-state index contributed by atoms with van der Waals surface area (Å²) in [4.78, 5) is 72.1. The Kier molecular flexibility index (Phi) is 57.7. The fourth-order valence-electron chi connectivity index (χ4n) is 9.63. The molecule has 0 radical (unpaired) electrons. The van der Waals surface area contributed by atoms with Crippen LogP contribution in [-0.4, -0.2) is 96.7 Å². The summed E-state index contributed by atoms with van der Waals surface area (Å²) in [6.45, 7) is 4.87. The molecule has 0 aromatic rings. The second-order valence-corrected chi connectivity index (χ2v) is 26.1. The summed E-state index contributed by atoms with van der Waals surface area (Å²) in [6.07, 6.45) is 44.3. The van der Waals surface area contributed by atoms with Gasteiger partial charge in [0.05, 0.1) is 26.4 Å². The van der Waals surface area contributed by atoms with Crippen LogP contribution >= 0.6 is 15.6 Å². The predicted molar refractivity (Wildman–Crippen MR) is 331 cm³/mol. The van der Waals surface area contributed by atoms with E-state index in [2.05, 4.69) is 27.7 Å². The summed E-state index contributed by atoms with van der Waals surface area (Å²) in [5, 5.41) is 10.5. The number of carbonyl (C=O) groups is 4. The zero-order chi connectivity index (χ0) is 61.2. The summed E-state index contributed by atoms with van der Waals surface area (Å²) in [5.41, 5.74) is 0. The molecule has 2 unspecified atom stereocenters. The Balaban J connectivity index is 5.22. The molecule has 0 aliphatic heterocycles. The van der Waals surface area contributed by atoms with Gasteiger partial charge in [-0.1, -0.05) is 278 Å². The Labute approximate surface area is 505 Å². The Bertz CT molecular complexity index is 1600. The number of phosphoric ester groups is 2. The highest BCUT2D eigenvalue weighted by molar-refractivity contribution is 7.47. The van der Waals surface area contributed by atoms with Crippen LogP contribution in [0.25, 0.3) is 0 Å². The van der Waals surface area contributed by atoms with E-state index in [4.69, 9.17) is 37.0 Å². The molecule has 0 amide bonds. The third kappa shape index (κ3) is 58.8. The Morgan fingerprint density at radius 3 is 0.711 bits per heavy atom. The first-order valence-electron chi connectivity index (χ1n) is 33.8. The molecule has 19 heteroatoms. The van der Waals surface area contributed by atoms with Crippen molar-refractivity contribution >= 4 is 39.5 Å². The van der Waals surface area contributed by atoms with Crippen molar-refractivity contribution in [2.24, 2.45) is 0 Å². The largest absolute Gasteiger partial charge is 0.472 e. The van der Waals surface area contributed by atoms with Gasteiger partial charge in [0.1, 0.15) is 19.3 Å². The van der Waals surface area contributed by atoms with Gasteiger partial charge in [0, 0.05) is 25.7 Å². The van der Waals surface area contributed by atoms with Crippen molar-refractivity contribution in [3.63, 3.8) is 0 Å². The topological polar surface area (TPSA) is 237 Å². The minimum atomic E-state index is -4.94. The van der Waals surface area contributed by atoms with Gasteiger partial charge in [0.15, 0.2) is 12.2 Å². The van der Waals surface area contributed by atoms with Crippen LogP contribution in [-0.2, 0) is 65.4 Å². The van der Waals surface area contributed by atoms with Gasteiger partial charge in [0.25, 0.3) is 0 Å². The molecule has 492 valence electrons. The molecular weight excluding hydrogens is 1100 g/mol. The third-order valence-electron chi connectivity index (χ3n) is 14.9. The maximum atomic E-state index is 13.0. The maximum Gasteiger partial charge on any atom is 0.472 e. The summed E-state index contributed by atoms with van der Waals surface area (Å²) in [5.74, 6) is -2.13. The zero-order valence-electron chi connectivity index (χ0n) is 53.2. The van der Waals surface area contributed by atoms with Crippen LogP contribution in [0.2, 0.25) is 0 Å². The van der Waals surface area contributed by atoms with E-state index in [0.29, 0.717) is 25.7 Å². The third-order valence-corrected chi connectivity index (χ3v) is 16.8. The Morgan fingerprint density at radius 2 is 0.482 bits per heavy atom. The molecule has 0 spiro atoms. The van der Waals surface area contributed by atoms with Gasteiger partial charge in [0.2, 0.25) is 0 Å². The van der Waals surface area contributed by atoms with Gasteiger partial charge in [-0.25, -0.2) is 9.13 Å². The fourth-order valence-corrected chi connectivity index (χ4v) is 11.2. The highest BCUT2D eigenvalue weighted by atomic mass is 31.2. The van der Waals surface area contributed by atoms with Gasteiger partial charge < -0.3 is 33.8 Å². The number of rotatable bonds is 65. The number of carbonyl (C=O) groups excluding carboxylic acids is 4. The Hall–Kier alpha value is -1.94. The number of phosphoric acid groups is 2. The average Bonchev–Trinajstić information content (AvgIpc) is 3.48. The molecule has 0 aromatic heterocycles. The molecule has 83 heavy (non-hydrogen) atoms. The molecule has 0 aliphatic rings. The number of unbranched alkanes of at least 4 members (excludes halogenated alkanes) is 39. The summed E-state index contributed by atoms with van der Waals surface area (Å²) >= 11 is 0.